The van der Waals surface area contributed by atoms with E-state index in [-0.39, 0.29) is 29.2 Å². The molecule has 1 amide bonds. The quantitative estimate of drug-likeness (QED) is 0.493. The number of hydrogen-bond donors (Lipinski definition) is 2. The van der Waals surface area contributed by atoms with Crippen LogP contribution in [0.5, 0.6) is 11.5 Å². The van der Waals surface area contributed by atoms with Gasteiger partial charge in [0.2, 0.25) is 0 Å². The van der Waals surface area contributed by atoms with Crippen LogP contribution in [0.2, 0.25) is 0 Å². The Balaban J connectivity index is 1.40. The maximum absolute atomic E-state index is 13.6. The fourth-order valence-electron chi connectivity index (χ4n) is 3.70. The summed E-state index contributed by atoms with van der Waals surface area (Å²) in [6.07, 6.45) is 0. The lowest BCUT2D eigenvalue weighted by atomic mass is 10.1. The number of rotatable bonds is 8. The lowest BCUT2D eigenvalue weighted by Crippen LogP contribution is -2.34. The van der Waals surface area contributed by atoms with Gasteiger partial charge in [0.05, 0.1) is 10.9 Å². The highest BCUT2D eigenvalue weighted by Gasteiger charge is 2.20. The summed E-state index contributed by atoms with van der Waals surface area (Å²) in [5, 5.41) is 2.85. The van der Waals surface area contributed by atoms with Crippen molar-refractivity contribution in [2.45, 2.75) is 10.9 Å². The van der Waals surface area contributed by atoms with E-state index in [4.69, 9.17) is 9.47 Å². The van der Waals surface area contributed by atoms with Crippen LogP contribution in [0.4, 0.5) is 10.1 Å². The Morgan fingerprint density at radius 2 is 1.71 bits per heavy atom. The van der Waals surface area contributed by atoms with Crippen LogP contribution in [-0.4, -0.2) is 53.1 Å². The number of fused-ring (bicyclic) bond motifs is 1. The van der Waals surface area contributed by atoms with Crippen molar-refractivity contribution in [2.75, 3.05) is 38.6 Å². The lowest BCUT2D eigenvalue weighted by Gasteiger charge is -2.25. The van der Waals surface area contributed by atoms with Gasteiger partial charge in [0, 0.05) is 23.9 Å². The Hall–Kier alpha value is -3.63. The van der Waals surface area contributed by atoms with E-state index < -0.39 is 10.0 Å². The number of halogens is 1. The molecular weight excluding hydrogens is 473 g/mol. The topological polar surface area (TPSA) is 97.0 Å². The highest BCUT2D eigenvalue weighted by atomic mass is 32.2. The Bertz CT molecular complexity index is 1310. The molecule has 0 spiro atoms. The summed E-state index contributed by atoms with van der Waals surface area (Å²) in [5.41, 5.74) is 1.42. The number of amides is 1. The molecule has 184 valence electrons. The number of carbonyl (C=O) groups excluding carboxylic acids is 1. The molecule has 0 saturated heterocycles. The molecular formula is C25H26FN3O5S. The van der Waals surface area contributed by atoms with E-state index in [1.807, 2.05) is 25.1 Å². The Morgan fingerprint density at radius 3 is 2.40 bits per heavy atom. The van der Waals surface area contributed by atoms with Crippen molar-refractivity contribution in [1.29, 1.82) is 0 Å². The average Bonchev–Trinajstić information content (AvgIpc) is 2.84. The Labute approximate surface area is 203 Å². The van der Waals surface area contributed by atoms with E-state index in [1.54, 1.807) is 12.1 Å². The fourth-order valence-corrected chi connectivity index (χ4v) is 4.77. The maximum Gasteiger partial charge on any atom is 0.262 e. The number of hydrogen-bond acceptors (Lipinski definition) is 6. The maximum atomic E-state index is 13.6. The number of likely N-dealkylation sites (N-methyl/N-ethyl adjacent to an activating group) is 1. The van der Waals surface area contributed by atoms with Crippen molar-refractivity contribution in [1.82, 2.24) is 10.2 Å². The van der Waals surface area contributed by atoms with E-state index in [9.17, 15) is 17.6 Å². The molecule has 0 bridgehead atoms. The Morgan fingerprint density at radius 1 is 1.00 bits per heavy atom. The van der Waals surface area contributed by atoms with E-state index in [1.165, 1.54) is 48.5 Å². The monoisotopic (exact) mass is 499 g/mol. The normalized spacial score (nSPS) is 13.8. The van der Waals surface area contributed by atoms with Crippen molar-refractivity contribution in [3.8, 4) is 11.5 Å². The summed E-state index contributed by atoms with van der Waals surface area (Å²) < 4.78 is 52.6. The standard InChI is InChI=1S/C25H26FN3O5S/c1-29(2)22(18-4-3-5-19(26)14-18)16-27-25(30)17-6-8-20(9-7-17)28-35(31,32)21-10-11-23-24(15-21)34-13-12-33-23/h3-11,14-15,22,28H,12-13,16H2,1-2H3,(H,27,30)/t22-/m0/s1. The smallest absolute Gasteiger partial charge is 0.262 e. The molecule has 3 aromatic carbocycles. The summed E-state index contributed by atoms with van der Waals surface area (Å²) in [4.78, 5) is 14.6. The second kappa shape index (κ2) is 10.3. The molecule has 0 saturated carbocycles. The number of anilines is 1. The third-order valence-corrected chi connectivity index (χ3v) is 6.91. The summed E-state index contributed by atoms with van der Waals surface area (Å²) in [6.45, 7) is 1.04. The van der Waals surface area contributed by atoms with Gasteiger partial charge >= 0.3 is 0 Å². The van der Waals surface area contributed by atoms with Gasteiger partial charge in [0.25, 0.3) is 15.9 Å². The predicted octanol–water partition coefficient (Wildman–Crippen LogP) is 3.43. The van der Waals surface area contributed by atoms with Crippen LogP contribution in [0, 0.1) is 5.82 Å². The van der Waals surface area contributed by atoms with Crippen LogP contribution in [0.15, 0.2) is 71.6 Å². The molecule has 3 aromatic rings. The van der Waals surface area contributed by atoms with Crippen LogP contribution in [0.25, 0.3) is 0 Å². The van der Waals surface area contributed by atoms with E-state index in [0.29, 0.717) is 36.0 Å². The summed E-state index contributed by atoms with van der Waals surface area (Å²) in [6, 6.07) is 16.5. The molecule has 2 N–H and O–H groups in total. The van der Waals surface area contributed by atoms with Crippen LogP contribution < -0.4 is 19.5 Å². The lowest BCUT2D eigenvalue weighted by molar-refractivity contribution is 0.0942. The number of sulfonamides is 1. The van der Waals surface area contributed by atoms with Gasteiger partial charge in [0.1, 0.15) is 19.0 Å². The number of benzene rings is 3. The largest absolute Gasteiger partial charge is 0.486 e. The highest BCUT2D eigenvalue weighted by Crippen LogP contribution is 2.32. The van der Waals surface area contributed by atoms with Gasteiger partial charge in [-0.25, -0.2) is 12.8 Å². The van der Waals surface area contributed by atoms with Crippen molar-refractivity contribution in [3.05, 3.63) is 83.7 Å². The second-order valence-corrected chi connectivity index (χ2v) is 9.92. The molecule has 8 nitrogen and oxygen atoms in total. The first-order chi connectivity index (χ1) is 16.7. The van der Waals surface area contributed by atoms with E-state index in [2.05, 4.69) is 10.0 Å². The molecule has 35 heavy (non-hydrogen) atoms. The van der Waals surface area contributed by atoms with Crippen LogP contribution in [-0.2, 0) is 10.0 Å². The minimum absolute atomic E-state index is 0.0376. The first-order valence-electron chi connectivity index (χ1n) is 11.0. The minimum Gasteiger partial charge on any atom is -0.486 e. The van der Waals surface area contributed by atoms with Crippen molar-refractivity contribution >= 4 is 21.6 Å². The second-order valence-electron chi connectivity index (χ2n) is 8.23. The molecule has 4 rings (SSSR count). The predicted molar refractivity (Wildman–Crippen MR) is 130 cm³/mol. The molecule has 0 fully saturated rings. The zero-order valence-electron chi connectivity index (χ0n) is 19.3. The third-order valence-electron chi connectivity index (χ3n) is 5.54. The third kappa shape index (κ3) is 5.90. The molecule has 1 atom stereocenters. The molecule has 0 unspecified atom stereocenters. The van der Waals surface area contributed by atoms with Gasteiger partial charge in [-0.2, -0.15) is 0 Å². The van der Waals surface area contributed by atoms with Gasteiger partial charge in [0.15, 0.2) is 11.5 Å². The van der Waals surface area contributed by atoms with Gasteiger partial charge in [-0.3, -0.25) is 9.52 Å². The molecule has 0 radical (unpaired) electrons. The Kier molecular flexibility index (Phi) is 7.23. The number of ether oxygens (including phenoxy) is 2. The summed E-state index contributed by atoms with van der Waals surface area (Å²) >= 11 is 0. The van der Waals surface area contributed by atoms with Gasteiger partial charge in [-0.05, 0) is 68.2 Å². The first-order valence-corrected chi connectivity index (χ1v) is 12.4. The summed E-state index contributed by atoms with van der Waals surface area (Å²) in [5.74, 6) is 0.212. The van der Waals surface area contributed by atoms with Crippen LogP contribution in [0.3, 0.4) is 0 Å². The molecule has 10 heteroatoms. The van der Waals surface area contributed by atoms with E-state index >= 15 is 0 Å². The molecule has 1 aliphatic rings. The molecule has 1 aliphatic heterocycles. The van der Waals surface area contributed by atoms with Gasteiger partial charge in [-0.1, -0.05) is 12.1 Å². The SMILES string of the molecule is CN(C)[C@@H](CNC(=O)c1ccc(NS(=O)(=O)c2ccc3c(c2)OCCO3)cc1)c1cccc(F)c1. The van der Waals surface area contributed by atoms with Crippen molar-refractivity contribution < 1.29 is 27.1 Å². The highest BCUT2D eigenvalue weighted by molar-refractivity contribution is 7.92. The zero-order valence-corrected chi connectivity index (χ0v) is 20.1. The number of carbonyl (C=O) groups is 1. The first kappa shape index (κ1) is 24.5. The van der Waals surface area contributed by atoms with Crippen molar-refractivity contribution in [2.24, 2.45) is 0 Å². The van der Waals surface area contributed by atoms with Crippen molar-refractivity contribution in [3.63, 3.8) is 0 Å². The van der Waals surface area contributed by atoms with Crippen LogP contribution >= 0.6 is 0 Å². The number of nitrogens with zero attached hydrogens (tertiary/aromatic N) is 1. The fraction of sp³-hybridized carbons (Fsp3) is 0.240. The molecule has 0 aromatic heterocycles. The van der Waals surface area contributed by atoms with Gasteiger partial charge < -0.3 is 19.7 Å². The average molecular weight is 500 g/mol. The minimum atomic E-state index is -3.87. The van der Waals surface area contributed by atoms with Crippen LogP contribution in [0.1, 0.15) is 22.0 Å². The van der Waals surface area contributed by atoms with E-state index in [0.717, 1.165) is 5.56 Å². The number of nitrogens with one attached hydrogen (secondary N) is 2. The molecule has 0 aliphatic carbocycles. The molecule has 1 heterocycles. The van der Waals surface area contributed by atoms with Gasteiger partial charge in [-0.15, -0.1) is 0 Å². The zero-order chi connectivity index (χ0) is 25.0. The summed E-state index contributed by atoms with van der Waals surface area (Å²) in [7, 11) is -0.164.